The molecule has 0 aliphatic carbocycles. The van der Waals surface area contributed by atoms with Gasteiger partial charge in [0.25, 0.3) is 0 Å². The first-order valence-electron chi connectivity index (χ1n) is 7.85. The molecule has 1 saturated heterocycles. The minimum Gasteiger partial charge on any atom is -0.466 e. The quantitative estimate of drug-likeness (QED) is 0.680. The minimum absolute atomic E-state index is 0.182. The van der Waals surface area contributed by atoms with Crippen molar-refractivity contribution in [1.29, 1.82) is 0 Å². The summed E-state index contributed by atoms with van der Waals surface area (Å²) in [5, 5.41) is 2.64. The number of hydrogen-bond acceptors (Lipinski definition) is 4. The molecule has 2 amide bonds. The van der Waals surface area contributed by atoms with Crippen LogP contribution < -0.4 is 5.32 Å². The van der Waals surface area contributed by atoms with Gasteiger partial charge in [-0.1, -0.05) is 18.2 Å². The van der Waals surface area contributed by atoms with Crippen molar-refractivity contribution in [2.24, 2.45) is 5.92 Å². The van der Waals surface area contributed by atoms with E-state index in [4.69, 9.17) is 4.74 Å². The number of likely N-dealkylation sites (tertiary alicyclic amines) is 1. The van der Waals surface area contributed by atoms with Crippen LogP contribution in [-0.4, -0.2) is 42.4 Å². The molecule has 1 aromatic carbocycles. The van der Waals surface area contributed by atoms with Gasteiger partial charge < -0.3 is 15.0 Å². The summed E-state index contributed by atoms with van der Waals surface area (Å²) in [5.74, 6) is -1.60. The van der Waals surface area contributed by atoms with Crippen molar-refractivity contribution in [2.45, 2.75) is 26.7 Å². The smallest absolute Gasteiger partial charge is 0.313 e. The molecular weight excluding hydrogens is 296 g/mol. The summed E-state index contributed by atoms with van der Waals surface area (Å²) in [4.78, 5) is 37.5. The highest BCUT2D eigenvalue weighted by atomic mass is 16.5. The van der Waals surface area contributed by atoms with E-state index in [1.165, 1.54) is 4.90 Å². The van der Waals surface area contributed by atoms with Crippen molar-refractivity contribution in [3.05, 3.63) is 29.8 Å². The number of hydrogen-bond donors (Lipinski definition) is 1. The summed E-state index contributed by atoms with van der Waals surface area (Å²) in [6.07, 6.45) is 1.06. The van der Waals surface area contributed by atoms with Gasteiger partial charge in [-0.25, -0.2) is 0 Å². The fraction of sp³-hybridized carbons (Fsp3) is 0.471. The third-order valence-electron chi connectivity index (χ3n) is 3.99. The second-order valence-corrected chi connectivity index (χ2v) is 5.59. The van der Waals surface area contributed by atoms with Gasteiger partial charge in [0, 0.05) is 18.8 Å². The molecule has 2 rings (SSSR count). The van der Waals surface area contributed by atoms with Gasteiger partial charge in [-0.3, -0.25) is 14.4 Å². The number of nitrogens with one attached hydrogen (secondary N) is 1. The van der Waals surface area contributed by atoms with Crippen molar-refractivity contribution in [2.75, 3.05) is 25.0 Å². The number of esters is 1. The summed E-state index contributed by atoms with van der Waals surface area (Å²) < 4.78 is 5.00. The molecule has 124 valence electrons. The van der Waals surface area contributed by atoms with Crippen LogP contribution >= 0.6 is 0 Å². The van der Waals surface area contributed by atoms with E-state index in [0.717, 1.165) is 5.56 Å². The summed E-state index contributed by atoms with van der Waals surface area (Å²) in [5.41, 5.74) is 1.53. The number of carbonyl (C=O) groups excluding carboxylic acids is 3. The molecular formula is C17H22N2O4. The maximum atomic E-state index is 12.2. The maximum absolute atomic E-state index is 12.2. The number of nitrogens with zero attached hydrogens (tertiary/aromatic N) is 1. The van der Waals surface area contributed by atoms with Crippen molar-refractivity contribution in [3.63, 3.8) is 0 Å². The molecule has 1 fully saturated rings. The molecule has 1 aromatic rings. The van der Waals surface area contributed by atoms with Gasteiger partial charge in [0.2, 0.25) is 0 Å². The number of anilines is 1. The standard InChI is InChI=1S/C17H22N2O4/c1-3-23-17(22)13-8-10-19(11-9-13)16(21)15(20)18-14-7-5-4-6-12(14)2/h4-7,13H,3,8-11H2,1-2H3,(H,18,20). The van der Waals surface area contributed by atoms with E-state index in [1.54, 1.807) is 19.1 Å². The lowest BCUT2D eigenvalue weighted by Gasteiger charge is -2.30. The molecule has 1 aliphatic heterocycles. The van der Waals surface area contributed by atoms with Gasteiger partial charge in [0.15, 0.2) is 0 Å². The molecule has 1 aliphatic rings. The first-order valence-corrected chi connectivity index (χ1v) is 7.85. The molecule has 0 aromatic heterocycles. The van der Waals surface area contributed by atoms with Crippen LogP contribution in [0.5, 0.6) is 0 Å². The van der Waals surface area contributed by atoms with Crippen LogP contribution in [0.15, 0.2) is 24.3 Å². The molecule has 0 spiro atoms. The third kappa shape index (κ3) is 4.31. The average Bonchev–Trinajstić information content (AvgIpc) is 2.56. The topological polar surface area (TPSA) is 75.7 Å². The number of ether oxygens (including phenoxy) is 1. The molecule has 23 heavy (non-hydrogen) atoms. The van der Waals surface area contributed by atoms with E-state index < -0.39 is 11.8 Å². The zero-order valence-corrected chi connectivity index (χ0v) is 13.5. The maximum Gasteiger partial charge on any atom is 0.313 e. The van der Waals surface area contributed by atoms with E-state index in [-0.39, 0.29) is 11.9 Å². The Morgan fingerprint density at radius 3 is 2.48 bits per heavy atom. The Morgan fingerprint density at radius 2 is 1.87 bits per heavy atom. The van der Waals surface area contributed by atoms with Gasteiger partial charge in [-0.2, -0.15) is 0 Å². The lowest BCUT2D eigenvalue weighted by molar-refractivity contribution is -0.152. The van der Waals surface area contributed by atoms with Gasteiger partial charge in [-0.05, 0) is 38.3 Å². The Labute approximate surface area is 135 Å². The Kier molecular flexibility index (Phi) is 5.73. The third-order valence-corrected chi connectivity index (χ3v) is 3.99. The van der Waals surface area contributed by atoms with Crippen LogP contribution in [0.3, 0.4) is 0 Å². The fourth-order valence-electron chi connectivity index (χ4n) is 2.61. The molecule has 0 bridgehead atoms. The average molecular weight is 318 g/mol. The Balaban J connectivity index is 1.88. The monoisotopic (exact) mass is 318 g/mol. The van der Waals surface area contributed by atoms with E-state index in [0.29, 0.717) is 38.2 Å². The van der Waals surface area contributed by atoms with Crippen LogP contribution in [0.4, 0.5) is 5.69 Å². The Bertz CT molecular complexity index is 592. The van der Waals surface area contributed by atoms with Crippen molar-refractivity contribution < 1.29 is 19.1 Å². The van der Waals surface area contributed by atoms with E-state index in [2.05, 4.69) is 5.32 Å². The first-order chi connectivity index (χ1) is 11.0. The lowest BCUT2D eigenvalue weighted by Crippen LogP contribution is -2.45. The normalized spacial score (nSPS) is 15.1. The van der Waals surface area contributed by atoms with Gasteiger partial charge in [0.1, 0.15) is 0 Å². The van der Waals surface area contributed by atoms with E-state index in [1.807, 2.05) is 19.1 Å². The second kappa shape index (κ2) is 7.76. The summed E-state index contributed by atoms with van der Waals surface area (Å²) >= 11 is 0. The summed E-state index contributed by atoms with van der Waals surface area (Å²) in [6, 6.07) is 7.29. The number of carbonyl (C=O) groups is 3. The van der Waals surface area contributed by atoms with E-state index in [9.17, 15) is 14.4 Å². The highest BCUT2D eigenvalue weighted by Crippen LogP contribution is 2.19. The molecule has 0 radical (unpaired) electrons. The number of benzene rings is 1. The number of rotatable bonds is 3. The van der Waals surface area contributed by atoms with Crippen molar-refractivity contribution in [3.8, 4) is 0 Å². The van der Waals surface area contributed by atoms with Crippen LogP contribution in [0.1, 0.15) is 25.3 Å². The highest BCUT2D eigenvalue weighted by molar-refractivity contribution is 6.39. The van der Waals surface area contributed by atoms with Gasteiger partial charge >= 0.3 is 17.8 Å². The highest BCUT2D eigenvalue weighted by Gasteiger charge is 2.30. The Morgan fingerprint density at radius 1 is 1.22 bits per heavy atom. The molecule has 0 saturated carbocycles. The zero-order valence-electron chi connectivity index (χ0n) is 13.5. The SMILES string of the molecule is CCOC(=O)C1CCN(C(=O)C(=O)Nc2ccccc2C)CC1. The van der Waals surface area contributed by atoms with Crippen LogP contribution in [0, 0.1) is 12.8 Å². The molecule has 6 heteroatoms. The van der Waals surface area contributed by atoms with Crippen molar-refractivity contribution in [1.82, 2.24) is 4.90 Å². The summed E-state index contributed by atoms with van der Waals surface area (Å²) in [6.45, 7) is 4.78. The lowest BCUT2D eigenvalue weighted by atomic mass is 9.97. The first kappa shape index (κ1) is 17.0. The molecule has 6 nitrogen and oxygen atoms in total. The predicted octanol–water partition coefficient (Wildman–Crippen LogP) is 1.74. The second-order valence-electron chi connectivity index (χ2n) is 5.59. The minimum atomic E-state index is -0.645. The van der Waals surface area contributed by atoms with Crippen LogP contribution in [0.2, 0.25) is 0 Å². The zero-order chi connectivity index (χ0) is 16.8. The summed E-state index contributed by atoms with van der Waals surface area (Å²) in [7, 11) is 0. The van der Waals surface area contributed by atoms with Gasteiger partial charge in [0.05, 0.1) is 12.5 Å². The Hall–Kier alpha value is -2.37. The largest absolute Gasteiger partial charge is 0.466 e. The van der Waals surface area contributed by atoms with Crippen molar-refractivity contribution >= 4 is 23.5 Å². The fourth-order valence-corrected chi connectivity index (χ4v) is 2.61. The molecule has 1 heterocycles. The van der Waals surface area contributed by atoms with Crippen LogP contribution in [-0.2, 0) is 19.1 Å². The van der Waals surface area contributed by atoms with Crippen LogP contribution in [0.25, 0.3) is 0 Å². The number of amides is 2. The van der Waals surface area contributed by atoms with E-state index >= 15 is 0 Å². The predicted molar refractivity (Wildman–Crippen MR) is 85.7 cm³/mol. The molecule has 0 atom stereocenters. The number of para-hydroxylation sites is 1. The molecule has 1 N–H and O–H groups in total. The molecule has 0 unspecified atom stereocenters. The number of piperidine rings is 1. The van der Waals surface area contributed by atoms with Gasteiger partial charge in [-0.15, -0.1) is 0 Å². The number of aryl methyl sites for hydroxylation is 1.